The average molecular weight is 382 g/mol. The molecule has 0 saturated carbocycles. The normalized spacial score (nSPS) is 15.6. The van der Waals surface area contributed by atoms with Gasteiger partial charge >= 0.3 is 5.97 Å². The molecule has 1 saturated heterocycles. The number of hydrogen-bond acceptors (Lipinski definition) is 5. The SMILES string of the molecule is CN(C)C(=O)[C@@H](OC(=O)c1ccc(CN2CCOCC2)cc1)c1ccccc1. The van der Waals surface area contributed by atoms with Crippen molar-refractivity contribution in [2.75, 3.05) is 40.4 Å². The molecule has 3 rings (SSSR count). The van der Waals surface area contributed by atoms with Crippen LogP contribution < -0.4 is 0 Å². The smallest absolute Gasteiger partial charge is 0.339 e. The first-order valence-electron chi connectivity index (χ1n) is 9.41. The maximum Gasteiger partial charge on any atom is 0.339 e. The van der Waals surface area contributed by atoms with Gasteiger partial charge in [0.1, 0.15) is 0 Å². The van der Waals surface area contributed by atoms with Gasteiger partial charge in [-0.1, -0.05) is 42.5 Å². The van der Waals surface area contributed by atoms with Crippen LogP contribution in [0.15, 0.2) is 54.6 Å². The first-order valence-corrected chi connectivity index (χ1v) is 9.41. The molecule has 6 heteroatoms. The lowest BCUT2D eigenvalue weighted by Gasteiger charge is -2.26. The van der Waals surface area contributed by atoms with E-state index in [9.17, 15) is 9.59 Å². The second-order valence-corrected chi connectivity index (χ2v) is 7.01. The third-order valence-corrected chi connectivity index (χ3v) is 4.69. The van der Waals surface area contributed by atoms with Crippen LogP contribution in [0.4, 0.5) is 0 Å². The number of esters is 1. The molecule has 1 fully saturated rings. The van der Waals surface area contributed by atoms with Gasteiger partial charge in [0.2, 0.25) is 6.10 Å². The average Bonchev–Trinajstić information content (AvgIpc) is 2.73. The molecule has 6 nitrogen and oxygen atoms in total. The van der Waals surface area contributed by atoms with E-state index in [-0.39, 0.29) is 5.91 Å². The Bertz CT molecular complexity index is 784. The van der Waals surface area contributed by atoms with Gasteiger partial charge in [-0.2, -0.15) is 0 Å². The van der Waals surface area contributed by atoms with Crippen molar-refractivity contribution in [3.05, 3.63) is 71.3 Å². The molecule has 2 aromatic rings. The van der Waals surface area contributed by atoms with Crippen molar-refractivity contribution < 1.29 is 19.1 Å². The summed E-state index contributed by atoms with van der Waals surface area (Å²) < 4.78 is 10.9. The van der Waals surface area contributed by atoms with Crippen LogP contribution >= 0.6 is 0 Å². The van der Waals surface area contributed by atoms with Gasteiger partial charge in [-0.05, 0) is 17.7 Å². The summed E-state index contributed by atoms with van der Waals surface area (Å²) in [7, 11) is 3.29. The van der Waals surface area contributed by atoms with Crippen LogP contribution in [0.2, 0.25) is 0 Å². The van der Waals surface area contributed by atoms with Gasteiger partial charge in [0.15, 0.2) is 0 Å². The molecule has 1 aliphatic heterocycles. The Morgan fingerprint density at radius 1 is 1.04 bits per heavy atom. The number of ether oxygens (including phenoxy) is 2. The van der Waals surface area contributed by atoms with Crippen molar-refractivity contribution in [3.8, 4) is 0 Å². The van der Waals surface area contributed by atoms with Crippen LogP contribution in [0.5, 0.6) is 0 Å². The van der Waals surface area contributed by atoms with E-state index in [1.54, 1.807) is 38.4 Å². The fourth-order valence-corrected chi connectivity index (χ4v) is 3.06. The fraction of sp³-hybridized carbons (Fsp3) is 0.364. The Kier molecular flexibility index (Phi) is 6.79. The van der Waals surface area contributed by atoms with Gasteiger partial charge in [-0.25, -0.2) is 4.79 Å². The molecule has 28 heavy (non-hydrogen) atoms. The third-order valence-electron chi connectivity index (χ3n) is 4.69. The molecule has 0 unspecified atom stereocenters. The van der Waals surface area contributed by atoms with Gasteiger partial charge in [0.05, 0.1) is 18.8 Å². The summed E-state index contributed by atoms with van der Waals surface area (Å²) in [6.07, 6.45) is -0.961. The predicted molar refractivity (Wildman–Crippen MR) is 106 cm³/mol. The highest BCUT2D eigenvalue weighted by molar-refractivity contribution is 5.92. The number of nitrogens with zero attached hydrogens (tertiary/aromatic N) is 2. The summed E-state index contributed by atoms with van der Waals surface area (Å²) in [5.41, 5.74) is 2.21. The van der Waals surface area contributed by atoms with Crippen molar-refractivity contribution in [2.24, 2.45) is 0 Å². The molecule has 2 aromatic carbocycles. The maximum atomic E-state index is 12.6. The van der Waals surface area contributed by atoms with E-state index >= 15 is 0 Å². The van der Waals surface area contributed by atoms with Gasteiger partial charge in [0, 0.05) is 39.3 Å². The first-order chi connectivity index (χ1) is 13.5. The molecular weight excluding hydrogens is 356 g/mol. The van der Waals surface area contributed by atoms with E-state index in [0.717, 1.165) is 38.4 Å². The highest BCUT2D eigenvalue weighted by atomic mass is 16.5. The lowest BCUT2D eigenvalue weighted by molar-refractivity contribution is -0.138. The number of benzene rings is 2. The zero-order chi connectivity index (χ0) is 19.9. The number of rotatable bonds is 6. The highest BCUT2D eigenvalue weighted by Crippen LogP contribution is 2.21. The molecular formula is C22H26N2O4. The van der Waals surface area contributed by atoms with Crippen LogP contribution in [-0.4, -0.2) is 62.1 Å². The van der Waals surface area contributed by atoms with Gasteiger partial charge in [-0.3, -0.25) is 9.69 Å². The first kappa shape index (κ1) is 20.0. The van der Waals surface area contributed by atoms with Crippen LogP contribution in [0.1, 0.15) is 27.6 Å². The predicted octanol–water partition coefficient (Wildman–Crippen LogP) is 2.51. The van der Waals surface area contributed by atoms with Crippen LogP contribution in [0, 0.1) is 0 Å². The number of amides is 1. The van der Waals surface area contributed by atoms with Crippen LogP contribution in [0.25, 0.3) is 0 Å². The molecule has 0 N–H and O–H groups in total. The summed E-state index contributed by atoms with van der Waals surface area (Å²) in [5, 5.41) is 0. The van der Waals surface area contributed by atoms with E-state index < -0.39 is 12.1 Å². The Labute approximate surface area is 165 Å². The fourth-order valence-electron chi connectivity index (χ4n) is 3.06. The lowest BCUT2D eigenvalue weighted by Crippen LogP contribution is -2.35. The Morgan fingerprint density at radius 3 is 2.29 bits per heavy atom. The van der Waals surface area contributed by atoms with Crippen molar-refractivity contribution in [1.82, 2.24) is 9.80 Å². The van der Waals surface area contributed by atoms with Crippen molar-refractivity contribution in [1.29, 1.82) is 0 Å². The number of carbonyl (C=O) groups excluding carboxylic acids is 2. The molecule has 0 radical (unpaired) electrons. The molecule has 0 aliphatic carbocycles. The quantitative estimate of drug-likeness (QED) is 0.719. The van der Waals surface area contributed by atoms with Crippen molar-refractivity contribution in [2.45, 2.75) is 12.6 Å². The summed E-state index contributed by atoms with van der Waals surface area (Å²) in [6.45, 7) is 4.16. The molecule has 148 valence electrons. The summed E-state index contributed by atoms with van der Waals surface area (Å²) in [6, 6.07) is 16.4. The highest BCUT2D eigenvalue weighted by Gasteiger charge is 2.27. The zero-order valence-electron chi connectivity index (χ0n) is 16.3. The Hall–Kier alpha value is -2.70. The third kappa shape index (κ3) is 5.18. The molecule has 0 bridgehead atoms. The number of morpholine rings is 1. The molecule has 0 aromatic heterocycles. The van der Waals surface area contributed by atoms with Gasteiger partial charge < -0.3 is 14.4 Å². The van der Waals surface area contributed by atoms with Crippen molar-refractivity contribution in [3.63, 3.8) is 0 Å². The van der Waals surface area contributed by atoms with E-state index in [2.05, 4.69) is 4.90 Å². The minimum absolute atomic E-state index is 0.275. The molecule has 1 heterocycles. The summed E-state index contributed by atoms with van der Waals surface area (Å²) in [5.74, 6) is -0.787. The summed E-state index contributed by atoms with van der Waals surface area (Å²) in [4.78, 5) is 28.9. The second-order valence-electron chi connectivity index (χ2n) is 7.01. The van der Waals surface area contributed by atoms with E-state index in [1.165, 1.54) is 4.90 Å². The Morgan fingerprint density at radius 2 is 1.68 bits per heavy atom. The minimum atomic E-state index is -0.961. The van der Waals surface area contributed by atoms with Crippen LogP contribution in [-0.2, 0) is 20.8 Å². The standard InChI is InChI=1S/C22H26N2O4/c1-23(2)21(25)20(18-6-4-3-5-7-18)28-22(26)19-10-8-17(9-11-19)16-24-12-14-27-15-13-24/h3-11,20H,12-16H2,1-2H3/t20-/m0/s1. The topological polar surface area (TPSA) is 59.1 Å². The zero-order valence-corrected chi connectivity index (χ0v) is 16.3. The van der Waals surface area contributed by atoms with Crippen LogP contribution in [0.3, 0.4) is 0 Å². The summed E-state index contributed by atoms with van der Waals surface area (Å²) >= 11 is 0. The van der Waals surface area contributed by atoms with E-state index in [0.29, 0.717) is 11.1 Å². The molecule has 1 amide bonds. The number of hydrogen-bond donors (Lipinski definition) is 0. The van der Waals surface area contributed by atoms with Gasteiger partial charge in [-0.15, -0.1) is 0 Å². The second kappa shape index (κ2) is 9.48. The molecule has 1 atom stereocenters. The van der Waals surface area contributed by atoms with E-state index in [4.69, 9.17) is 9.47 Å². The minimum Gasteiger partial charge on any atom is -0.444 e. The van der Waals surface area contributed by atoms with Crippen molar-refractivity contribution >= 4 is 11.9 Å². The number of carbonyl (C=O) groups is 2. The molecule has 1 aliphatic rings. The monoisotopic (exact) mass is 382 g/mol. The molecule has 0 spiro atoms. The van der Waals surface area contributed by atoms with Gasteiger partial charge in [0.25, 0.3) is 5.91 Å². The lowest BCUT2D eigenvalue weighted by atomic mass is 10.1. The number of likely N-dealkylation sites (N-methyl/N-ethyl adjacent to an activating group) is 1. The van der Waals surface area contributed by atoms with E-state index in [1.807, 2.05) is 30.3 Å². The largest absolute Gasteiger partial charge is 0.444 e. The maximum absolute atomic E-state index is 12.6. The Balaban J connectivity index is 1.68.